The number of hydrogen-bond acceptors (Lipinski definition) is 6. The van der Waals surface area contributed by atoms with Crippen LogP contribution in [0.15, 0.2) is 18.2 Å². The molecule has 7 atom stereocenters. The molecule has 0 spiro atoms. The molecule has 1 heterocycles. The van der Waals surface area contributed by atoms with Crippen LogP contribution in [0.3, 0.4) is 0 Å². The maximum absolute atomic E-state index is 13.0. The van der Waals surface area contributed by atoms with Crippen molar-refractivity contribution < 1.29 is 45.5 Å². The van der Waals surface area contributed by atoms with Gasteiger partial charge in [0.15, 0.2) is 0 Å². The van der Waals surface area contributed by atoms with Crippen molar-refractivity contribution in [1.29, 1.82) is 0 Å². The molecule has 0 aromatic heterocycles. The van der Waals surface area contributed by atoms with Crippen LogP contribution in [0.2, 0.25) is 0 Å². The fraction of sp³-hybridized carbons (Fsp3) is 0.816. The van der Waals surface area contributed by atoms with E-state index in [0.717, 1.165) is 103 Å². The van der Waals surface area contributed by atoms with Crippen molar-refractivity contribution in [3.05, 3.63) is 29.3 Å². The highest BCUT2D eigenvalue weighted by molar-refractivity contribution is 7.84. The SMILES string of the molecule is CC12CCC3c4ccc(OC(=O)OC5CCNCC5)cc4CC(CCCCCCCCCS(=O)CCCC(F)(F)C(F)(F)F)C3C1CCC2O.Cl. The van der Waals surface area contributed by atoms with E-state index in [1.54, 1.807) is 0 Å². The second-order valence-corrected chi connectivity index (χ2v) is 17.3. The normalized spacial score (nSPS) is 28.6. The molecule has 1 aromatic rings. The lowest BCUT2D eigenvalue weighted by Gasteiger charge is -2.53. The number of halogens is 6. The minimum absolute atomic E-state index is 0. The van der Waals surface area contributed by atoms with Gasteiger partial charge in [-0.25, -0.2) is 4.79 Å². The van der Waals surface area contributed by atoms with Crippen molar-refractivity contribution in [2.45, 2.75) is 146 Å². The van der Waals surface area contributed by atoms with Crippen LogP contribution in [0.1, 0.15) is 127 Å². The van der Waals surface area contributed by atoms with Gasteiger partial charge in [-0.15, -0.1) is 12.4 Å². The summed E-state index contributed by atoms with van der Waals surface area (Å²) in [5.74, 6) is -2.03. The summed E-state index contributed by atoms with van der Waals surface area (Å²) in [7, 11) is -1.38. The summed E-state index contributed by atoms with van der Waals surface area (Å²) in [4.78, 5) is 12.6. The summed E-state index contributed by atoms with van der Waals surface area (Å²) in [6.07, 6.45) is 6.23. The second kappa shape index (κ2) is 18.7. The molecule has 0 bridgehead atoms. The minimum atomic E-state index is -5.56. The molecule has 3 fully saturated rings. The number of carbonyl (C=O) groups is 1. The van der Waals surface area contributed by atoms with E-state index in [1.807, 2.05) is 12.1 Å². The summed E-state index contributed by atoms with van der Waals surface area (Å²) in [6, 6.07) is 6.12. The predicted octanol–water partition coefficient (Wildman–Crippen LogP) is 9.67. The van der Waals surface area contributed by atoms with Crippen LogP contribution in [0.5, 0.6) is 5.75 Å². The van der Waals surface area contributed by atoms with Gasteiger partial charge in [-0.3, -0.25) is 4.21 Å². The third kappa shape index (κ3) is 10.8. The fourth-order valence-electron chi connectivity index (χ4n) is 9.51. The number of hydrogen-bond donors (Lipinski definition) is 2. The summed E-state index contributed by atoms with van der Waals surface area (Å²) in [6.45, 7) is 3.96. The molecule has 292 valence electrons. The van der Waals surface area contributed by atoms with Crippen molar-refractivity contribution in [3.63, 3.8) is 0 Å². The number of aliphatic hydroxyl groups is 1. The number of piperidine rings is 1. The molecule has 0 radical (unpaired) electrons. The molecule has 0 amide bonds. The van der Waals surface area contributed by atoms with E-state index in [-0.39, 0.29) is 35.8 Å². The molecular weight excluding hydrogens is 713 g/mol. The highest BCUT2D eigenvalue weighted by Crippen LogP contribution is 2.62. The summed E-state index contributed by atoms with van der Waals surface area (Å²) in [5, 5.41) is 14.3. The molecule has 1 aliphatic heterocycles. The van der Waals surface area contributed by atoms with Gasteiger partial charge in [-0.2, -0.15) is 22.0 Å². The molecule has 6 nitrogen and oxygen atoms in total. The quantitative estimate of drug-likeness (QED) is 0.0754. The van der Waals surface area contributed by atoms with E-state index < -0.39 is 41.9 Å². The Hall–Kier alpha value is -1.50. The fourth-order valence-corrected chi connectivity index (χ4v) is 10.7. The maximum Gasteiger partial charge on any atom is 0.514 e. The van der Waals surface area contributed by atoms with Crippen molar-refractivity contribution in [2.75, 3.05) is 24.6 Å². The van der Waals surface area contributed by atoms with Crippen molar-refractivity contribution >= 4 is 29.4 Å². The van der Waals surface area contributed by atoms with Crippen LogP contribution < -0.4 is 10.1 Å². The highest BCUT2D eigenvalue weighted by atomic mass is 35.5. The van der Waals surface area contributed by atoms with Crippen LogP contribution in [0.25, 0.3) is 0 Å². The number of rotatable bonds is 16. The first-order chi connectivity index (χ1) is 23.8. The lowest BCUT2D eigenvalue weighted by Crippen LogP contribution is -2.47. The summed E-state index contributed by atoms with van der Waals surface area (Å²) in [5.41, 5.74) is 2.60. The van der Waals surface area contributed by atoms with Crippen LogP contribution in [-0.4, -0.2) is 64.4 Å². The average Bonchev–Trinajstić information content (AvgIpc) is 3.37. The van der Waals surface area contributed by atoms with Crippen LogP contribution >= 0.6 is 12.4 Å². The Morgan fingerprint density at radius 3 is 2.31 bits per heavy atom. The lowest BCUT2D eigenvalue weighted by atomic mass is 9.52. The van der Waals surface area contributed by atoms with Gasteiger partial charge in [0.05, 0.1) is 6.10 Å². The van der Waals surface area contributed by atoms with Crippen LogP contribution in [0.4, 0.5) is 26.7 Å². The first-order valence-electron chi connectivity index (χ1n) is 19.0. The van der Waals surface area contributed by atoms with E-state index in [0.29, 0.717) is 41.6 Å². The molecular formula is C38H57ClF5NO5S. The van der Waals surface area contributed by atoms with E-state index >= 15 is 0 Å². The smallest absolute Gasteiger partial charge is 0.431 e. The van der Waals surface area contributed by atoms with E-state index in [1.165, 1.54) is 11.1 Å². The van der Waals surface area contributed by atoms with Gasteiger partial charge in [-0.1, -0.05) is 51.5 Å². The third-order valence-corrected chi connectivity index (χ3v) is 13.8. The Bertz CT molecular complexity index is 1300. The standard InChI is InChI=1S/C38H56F5NO5S.ClH/c1-36-19-15-31-30-12-11-29(49-35(46)48-28-16-20-44-21-17-28)25-27(30)24-26(34(31)32(36)13-14-33(36)45)10-7-5-3-2-4-6-8-22-50(47)23-9-18-37(39,40)38(41,42)43;/h11-12,25-26,28,31-34,44-45H,2-10,13-24H2,1H3;1H. The zero-order valence-electron chi connectivity index (χ0n) is 29.8. The Balaban J connectivity index is 0.00000583. The highest BCUT2D eigenvalue weighted by Gasteiger charge is 2.57. The molecule has 2 N–H and O–H groups in total. The van der Waals surface area contributed by atoms with Gasteiger partial charge in [0.25, 0.3) is 0 Å². The van der Waals surface area contributed by atoms with Gasteiger partial charge in [-0.05, 0) is 130 Å². The topological polar surface area (TPSA) is 84.9 Å². The van der Waals surface area contributed by atoms with Crippen LogP contribution in [0, 0.1) is 23.2 Å². The van der Waals surface area contributed by atoms with Gasteiger partial charge >= 0.3 is 18.3 Å². The molecule has 7 unspecified atom stereocenters. The molecule has 2 saturated carbocycles. The Labute approximate surface area is 308 Å². The Morgan fingerprint density at radius 2 is 1.61 bits per heavy atom. The molecule has 1 aromatic carbocycles. The van der Waals surface area contributed by atoms with Crippen molar-refractivity contribution in [3.8, 4) is 5.75 Å². The van der Waals surface area contributed by atoms with E-state index in [4.69, 9.17) is 9.47 Å². The van der Waals surface area contributed by atoms with Gasteiger partial charge in [0.1, 0.15) is 11.9 Å². The summed E-state index contributed by atoms with van der Waals surface area (Å²) < 4.78 is 86.3. The Morgan fingerprint density at radius 1 is 0.941 bits per heavy atom. The summed E-state index contributed by atoms with van der Waals surface area (Å²) >= 11 is 0. The number of unbranched alkanes of at least 4 members (excludes halogenated alkanes) is 6. The first-order valence-corrected chi connectivity index (χ1v) is 20.5. The van der Waals surface area contributed by atoms with Crippen LogP contribution in [-0.2, 0) is 22.0 Å². The maximum atomic E-state index is 13.0. The number of aliphatic hydroxyl groups excluding tert-OH is 1. The minimum Gasteiger partial charge on any atom is -0.431 e. The number of benzene rings is 1. The largest absolute Gasteiger partial charge is 0.514 e. The number of fused-ring (bicyclic) bond motifs is 5. The van der Waals surface area contributed by atoms with E-state index in [2.05, 4.69) is 18.3 Å². The van der Waals surface area contributed by atoms with Crippen molar-refractivity contribution in [1.82, 2.24) is 5.32 Å². The number of alkyl halides is 5. The Kier molecular flexibility index (Phi) is 15.5. The van der Waals surface area contributed by atoms with Gasteiger partial charge < -0.3 is 19.9 Å². The predicted molar refractivity (Wildman–Crippen MR) is 191 cm³/mol. The number of ether oxygens (including phenoxy) is 2. The molecule has 1 saturated heterocycles. The number of carbonyl (C=O) groups excluding carboxylic acids is 1. The molecule has 51 heavy (non-hydrogen) atoms. The number of nitrogens with one attached hydrogen (secondary N) is 1. The zero-order valence-corrected chi connectivity index (χ0v) is 31.5. The second-order valence-electron chi connectivity index (χ2n) is 15.6. The van der Waals surface area contributed by atoms with Crippen molar-refractivity contribution in [2.24, 2.45) is 23.2 Å². The lowest BCUT2D eigenvalue weighted by molar-refractivity contribution is -0.284. The monoisotopic (exact) mass is 769 g/mol. The van der Waals surface area contributed by atoms with Gasteiger partial charge in [0.2, 0.25) is 0 Å². The van der Waals surface area contributed by atoms with E-state index in [9.17, 15) is 36.1 Å². The molecule has 3 aliphatic carbocycles. The molecule has 13 heteroatoms. The first kappa shape index (κ1) is 42.2. The molecule has 4 aliphatic rings. The van der Waals surface area contributed by atoms with Gasteiger partial charge in [0, 0.05) is 28.7 Å². The third-order valence-electron chi connectivity index (χ3n) is 12.3. The molecule has 5 rings (SSSR count). The zero-order chi connectivity index (χ0) is 35.9. The average molecular weight is 770 g/mol.